The maximum absolute atomic E-state index is 12.8. The van der Waals surface area contributed by atoms with Crippen LogP contribution in [0.1, 0.15) is 46.2 Å². The van der Waals surface area contributed by atoms with Crippen molar-refractivity contribution in [1.82, 2.24) is 29.7 Å². The summed E-state index contributed by atoms with van der Waals surface area (Å²) in [5.41, 5.74) is 5.06. The zero-order valence-corrected chi connectivity index (χ0v) is 15.5. The monoisotopic (exact) mass is 372 g/mol. The zero-order valence-electron chi connectivity index (χ0n) is 15.5. The Balaban J connectivity index is 1.38. The molecule has 0 spiro atoms. The number of nitrogens with one attached hydrogen (secondary N) is 1. The molecular weight excluding hydrogens is 352 g/mol. The van der Waals surface area contributed by atoms with E-state index in [2.05, 4.69) is 20.6 Å². The molecule has 3 aromatic heterocycles. The summed E-state index contributed by atoms with van der Waals surface area (Å²) >= 11 is 0. The molecule has 7 nitrogen and oxygen atoms in total. The van der Waals surface area contributed by atoms with Gasteiger partial charge in [-0.25, -0.2) is 9.67 Å². The second-order valence-electron chi connectivity index (χ2n) is 7.23. The number of aromatic nitrogens is 5. The molecule has 1 fully saturated rings. The predicted molar refractivity (Wildman–Crippen MR) is 104 cm³/mol. The summed E-state index contributed by atoms with van der Waals surface area (Å²) in [6.45, 7) is 2.38. The molecule has 0 atom stereocenters. The van der Waals surface area contributed by atoms with Gasteiger partial charge < -0.3 is 9.72 Å². The highest BCUT2D eigenvalue weighted by molar-refractivity contribution is 5.93. The van der Waals surface area contributed by atoms with Crippen LogP contribution in [0.5, 0.6) is 0 Å². The fourth-order valence-electron chi connectivity index (χ4n) is 3.41. The Hall–Kier alpha value is -3.48. The first kappa shape index (κ1) is 16.7. The van der Waals surface area contributed by atoms with Gasteiger partial charge >= 0.3 is 0 Å². The summed E-state index contributed by atoms with van der Waals surface area (Å²) in [4.78, 5) is 17.4. The Bertz CT molecular complexity index is 1160. The lowest BCUT2D eigenvalue weighted by atomic mass is 10.2. The first-order chi connectivity index (χ1) is 13.7. The highest BCUT2D eigenvalue weighted by Gasteiger charge is 2.34. The smallest absolute Gasteiger partial charge is 0.274 e. The van der Waals surface area contributed by atoms with Crippen LogP contribution in [0.25, 0.3) is 11.3 Å². The molecule has 1 aromatic carbocycles. The molecule has 28 heavy (non-hydrogen) atoms. The standard InChI is InChI=1S/C21H20N6O/c1-14-9-10-26-13-16(23-18(26)11-14)12-22-21(28)19-20(15-7-8-15)27(25-24-19)17-5-3-2-4-6-17/h2-6,9-11,13,15H,7-8,12H2,1H3,(H,22,28). The van der Waals surface area contributed by atoms with Crippen LogP contribution in [0.15, 0.2) is 54.9 Å². The first-order valence-electron chi connectivity index (χ1n) is 9.42. The molecule has 5 rings (SSSR count). The fraction of sp³-hybridized carbons (Fsp3) is 0.238. The third-order valence-electron chi connectivity index (χ3n) is 4.98. The lowest BCUT2D eigenvalue weighted by molar-refractivity contribution is 0.0944. The number of imidazole rings is 1. The number of nitrogens with zero attached hydrogens (tertiary/aromatic N) is 5. The number of hydrogen-bond donors (Lipinski definition) is 1. The minimum atomic E-state index is -0.211. The molecule has 7 heteroatoms. The predicted octanol–water partition coefficient (Wildman–Crippen LogP) is 3.03. The van der Waals surface area contributed by atoms with E-state index < -0.39 is 0 Å². The van der Waals surface area contributed by atoms with Crippen LogP contribution in [0.4, 0.5) is 0 Å². The summed E-state index contributed by atoms with van der Waals surface area (Å²) in [5, 5.41) is 11.4. The van der Waals surface area contributed by atoms with Crippen molar-refractivity contribution in [2.75, 3.05) is 0 Å². The summed E-state index contributed by atoms with van der Waals surface area (Å²) in [6, 6.07) is 13.9. The maximum Gasteiger partial charge on any atom is 0.274 e. The van der Waals surface area contributed by atoms with E-state index in [9.17, 15) is 4.79 Å². The topological polar surface area (TPSA) is 77.1 Å². The minimum absolute atomic E-state index is 0.211. The van der Waals surface area contributed by atoms with Crippen LogP contribution in [-0.4, -0.2) is 30.3 Å². The summed E-state index contributed by atoms with van der Waals surface area (Å²) in [7, 11) is 0. The number of carbonyl (C=O) groups excluding carboxylic acids is 1. The normalized spacial score (nSPS) is 13.8. The third-order valence-corrected chi connectivity index (χ3v) is 4.98. The summed E-state index contributed by atoms with van der Waals surface area (Å²) in [6.07, 6.45) is 6.02. The number of para-hydroxylation sites is 1. The molecule has 1 saturated carbocycles. The zero-order chi connectivity index (χ0) is 19.1. The fourth-order valence-corrected chi connectivity index (χ4v) is 3.41. The van der Waals surface area contributed by atoms with Gasteiger partial charge in [-0.1, -0.05) is 23.4 Å². The molecule has 0 saturated heterocycles. The Morgan fingerprint density at radius 2 is 2.04 bits per heavy atom. The number of carbonyl (C=O) groups is 1. The molecule has 0 aliphatic heterocycles. The number of rotatable bonds is 5. The lowest BCUT2D eigenvalue weighted by Crippen LogP contribution is -2.24. The third kappa shape index (κ3) is 3.05. The number of hydrogen-bond acceptors (Lipinski definition) is 4. The Morgan fingerprint density at radius 1 is 1.21 bits per heavy atom. The molecule has 0 unspecified atom stereocenters. The van der Waals surface area contributed by atoms with E-state index in [1.54, 1.807) is 4.68 Å². The van der Waals surface area contributed by atoms with Crippen molar-refractivity contribution in [3.8, 4) is 5.69 Å². The van der Waals surface area contributed by atoms with Crippen molar-refractivity contribution in [2.45, 2.75) is 32.2 Å². The average Bonchev–Trinajstić information content (AvgIpc) is 3.32. The number of pyridine rings is 1. The van der Waals surface area contributed by atoms with E-state index in [1.165, 1.54) is 0 Å². The van der Waals surface area contributed by atoms with Gasteiger partial charge in [-0.2, -0.15) is 0 Å². The second-order valence-corrected chi connectivity index (χ2v) is 7.23. The van der Waals surface area contributed by atoms with Gasteiger partial charge in [0.1, 0.15) is 5.65 Å². The SMILES string of the molecule is Cc1ccn2cc(CNC(=O)c3nnn(-c4ccccc4)c3C3CC3)nc2c1. The van der Waals surface area contributed by atoms with E-state index in [1.807, 2.05) is 66.2 Å². The van der Waals surface area contributed by atoms with Gasteiger partial charge in [0.05, 0.1) is 23.6 Å². The van der Waals surface area contributed by atoms with Crippen molar-refractivity contribution < 1.29 is 4.79 Å². The molecule has 3 heterocycles. The molecule has 0 bridgehead atoms. The Labute approximate surface area is 162 Å². The van der Waals surface area contributed by atoms with Crippen LogP contribution < -0.4 is 5.32 Å². The van der Waals surface area contributed by atoms with Crippen molar-refractivity contribution >= 4 is 11.6 Å². The van der Waals surface area contributed by atoms with Crippen molar-refractivity contribution in [3.05, 3.63) is 77.5 Å². The summed E-state index contributed by atoms with van der Waals surface area (Å²) < 4.78 is 3.75. The number of benzene rings is 1. The molecule has 4 aromatic rings. The Kier molecular flexibility index (Phi) is 3.93. The molecular formula is C21H20N6O. The van der Waals surface area contributed by atoms with Gasteiger partial charge in [0.15, 0.2) is 5.69 Å². The molecule has 1 N–H and O–H groups in total. The highest BCUT2D eigenvalue weighted by atomic mass is 16.2. The van der Waals surface area contributed by atoms with Crippen molar-refractivity contribution in [2.24, 2.45) is 0 Å². The van der Waals surface area contributed by atoms with Crippen LogP contribution >= 0.6 is 0 Å². The van der Waals surface area contributed by atoms with E-state index in [4.69, 9.17) is 0 Å². The van der Waals surface area contributed by atoms with Gasteiger partial charge in [-0.05, 0) is 49.6 Å². The average molecular weight is 372 g/mol. The molecule has 1 aliphatic rings. The van der Waals surface area contributed by atoms with Gasteiger partial charge in [0.25, 0.3) is 5.91 Å². The highest BCUT2D eigenvalue weighted by Crippen LogP contribution is 2.41. The van der Waals surface area contributed by atoms with Gasteiger partial charge in [-0.15, -0.1) is 5.10 Å². The van der Waals surface area contributed by atoms with Crippen molar-refractivity contribution in [1.29, 1.82) is 0 Å². The Morgan fingerprint density at radius 3 is 2.82 bits per heavy atom. The lowest BCUT2D eigenvalue weighted by Gasteiger charge is -2.07. The molecule has 140 valence electrons. The van der Waals surface area contributed by atoms with Crippen LogP contribution in [0.3, 0.4) is 0 Å². The van der Waals surface area contributed by atoms with E-state index in [0.717, 1.165) is 41.1 Å². The maximum atomic E-state index is 12.8. The second kappa shape index (κ2) is 6.60. The van der Waals surface area contributed by atoms with Crippen LogP contribution in [0.2, 0.25) is 0 Å². The largest absolute Gasteiger partial charge is 0.345 e. The molecule has 0 radical (unpaired) electrons. The van der Waals surface area contributed by atoms with Crippen molar-refractivity contribution in [3.63, 3.8) is 0 Å². The van der Waals surface area contributed by atoms with E-state index >= 15 is 0 Å². The number of fused-ring (bicyclic) bond motifs is 1. The first-order valence-corrected chi connectivity index (χ1v) is 9.42. The number of aryl methyl sites for hydroxylation is 1. The van der Waals surface area contributed by atoms with Gasteiger partial charge in [0.2, 0.25) is 0 Å². The van der Waals surface area contributed by atoms with Crippen LogP contribution in [-0.2, 0) is 6.54 Å². The van der Waals surface area contributed by atoms with E-state index in [-0.39, 0.29) is 5.91 Å². The van der Waals surface area contributed by atoms with Crippen LogP contribution in [0, 0.1) is 6.92 Å². The number of amides is 1. The van der Waals surface area contributed by atoms with Gasteiger partial charge in [-0.3, -0.25) is 4.79 Å². The molecule has 1 amide bonds. The van der Waals surface area contributed by atoms with Gasteiger partial charge in [0, 0.05) is 18.3 Å². The molecule has 1 aliphatic carbocycles. The quantitative estimate of drug-likeness (QED) is 0.584. The van der Waals surface area contributed by atoms with E-state index in [0.29, 0.717) is 18.2 Å². The minimum Gasteiger partial charge on any atom is -0.345 e. The summed E-state index contributed by atoms with van der Waals surface area (Å²) in [5.74, 6) is 0.131.